The topological polar surface area (TPSA) is 115 Å². The Morgan fingerprint density at radius 3 is 2.79 bits per heavy atom. The molecule has 0 fully saturated rings. The molecule has 3 rings (SSSR count). The highest BCUT2D eigenvalue weighted by atomic mass is 32.2. The van der Waals surface area contributed by atoms with Crippen LogP contribution in [0.15, 0.2) is 58.4 Å². The first kappa shape index (κ1) is 20.3. The summed E-state index contributed by atoms with van der Waals surface area (Å²) in [4.78, 5) is 24.5. The minimum atomic E-state index is -3.78. The lowest BCUT2D eigenvalue weighted by Crippen LogP contribution is -2.28. The van der Waals surface area contributed by atoms with Crippen LogP contribution in [-0.4, -0.2) is 41.6 Å². The van der Waals surface area contributed by atoms with Crippen molar-refractivity contribution in [3.63, 3.8) is 0 Å². The standard InChI is InChI=1S/C19H19N5O4S/c1-2-10-21-29(27,28)16-8-5-7-15(14-16)18(25)20-11-6-13-24-19(26)23-12-4-3-9-17(23)22-24/h1,3-5,7-9,12,14,21H,6,10-11,13H2,(H,20,25). The lowest BCUT2D eigenvalue weighted by atomic mass is 10.2. The molecule has 0 aliphatic rings. The Morgan fingerprint density at radius 1 is 1.21 bits per heavy atom. The van der Waals surface area contributed by atoms with E-state index < -0.39 is 15.9 Å². The number of terminal acetylenes is 1. The van der Waals surface area contributed by atoms with Crippen LogP contribution in [0.4, 0.5) is 0 Å². The van der Waals surface area contributed by atoms with Crippen molar-refractivity contribution in [2.75, 3.05) is 13.1 Å². The summed E-state index contributed by atoms with van der Waals surface area (Å²) in [7, 11) is -3.78. The van der Waals surface area contributed by atoms with E-state index in [1.165, 1.54) is 33.3 Å². The SMILES string of the molecule is C#CCNS(=O)(=O)c1cccc(C(=O)NCCCn2nc3ccccn3c2=O)c1. The van der Waals surface area contributed by atoms with Gasteiger partial charge in [0.2, 0.25) is 10.0 Å². The van der Waals surface area contributed by atoms with Gasteiger partial charge in [0.1, 0.15) is 0 Å². The summed E-state index contributed by atoms with van der Waals surface area (Å²) in [5, 5.41) is 6.92. The maximum atomic E-state index is 12.3. The summed E-state index contributed by atoms with van der Waals surface area (Å²) >= 11 is 0. The predicted octanol–water partition coefficient (Wildman–Crippen LogP) is 0.228. The van der Waals surface area contributed by atoms with Gasteiger partial charge in [-0.3, -0.25) is 9.20 Å². The maximum Gasteiger partial charge on any atom is 0.350 e. The molecule has 0 atom stereocenters. The van der Waals surface area contributed by atoms with Crippen molar-refractivity contribution in [1.29, 1.82) is 0 Å². The molecule has 0 saturated heterocycles. The number of aromatic nitrogens is 3. The number of hydrogen-bond acceptors (Lipinski definition) is 5. The Balaban J connectivity index is 1.58. The number of aryl methyl sites for hydroxylation is 1. The molecule has 1 amide bonds. The van der Waals surface area contributed by atoms with E-state index in [-0.39, 0.29) is 22.7 Å². The molecule has 29 heavy (non-hydrogen) atoms. The van der Waals surface area contributed by atoms with Crippen molar-refractivity contribution in [2.24, 2.45) is 0 Å². The van der Waals surface area contributed by atoms with Crippen LogP contribution < -0.4 is 15.7 Å². The van der Waals surface area contributed by atoms with E-state index in [1.807, 2.05) is 0 Å². The number of carbonyl (C=O) groups is 1. The first-order valence-corrected chi connectivity index (χ1v) is 10.3. The van der Waals surface area contributed by atoms with E-state index in [9.17, 15) is 18.0 Å². The fourth-order valence-corrected chi connectivity index (χ4v) is 3.65. The number of sulfonamides is 1. The van der Waals surface area contributed by atoms with Crippen LogP contribution in [0.5, 0.6) is 0 Å². The van der Waals surface area contributed by atoms with Gasteiger partial charge in [-0.05, 0) is 36.8 Å². The second-order valence-corrected chi connectivity index (χ2v) is 7.87. The first-order valence-electron chi connectivity index (χ1n) is 8.78. The molecule has 0 spiro atoms. The number of benzene rings is 1. The predicted molar refractivity (Wildman–Crippen MR) is 107 cm³/mol. The van der Waals surface area contributed by atoms with Gasteiger partial charge < -0.3 is 5.32 Å². The average Bonchev–Trinajstić information content (AvgIpc) is 3.05. The molecule has 0 bridgehead atoms. The molecule has 3 aromatic rings. The molecule has 2 heterocycles. The van der Waals surface area contributed by atoms with E-state index in [4.69, 9.17) is 6.42 Å². The quantitative estimate of drug-likeness (QED) is 0.405. The molecule has 150 valence electrons. The third kappa shape index (κ3) is 4.71. The van der Waals surface area contributed by atoms with E-state index in [0.717, 1.165) is 0 Å². The van der Waals surface area contributed by atoms with Crippen LogP contribution >= 0.6 is 0 Å². The minimum absolute atomic E-state index is 0.0448. The van der Waals surface area contributed by atoms with Crippen LogP contribution in [0.1, 0.15) is 16.8 Å². The van der Waals surface area contributed by atoms with Crippen molar-refractivity contribution in [3.8, 4) is 12.3 Å². The second-order valence-electron chi connectivity index (χ2n) is 6.10. The van der Waals surface area contributed by atoms with Crippen molar-refractivity contribution < 1.29 is 13.2 Å². The van der Waals surface area contributed by atoms with Gasteiger partial charge in [0.05, 0.1) is 11.4 Å². The Morgan fingerprint density at radius 2 is 2.03 bits per heavy atom. The van der Waals surface area contributed by atoms with Gasteiger partial charge in [-0.2, -0.15) is 4.72 Å². The van der Waals surface area contributed by atoms with E-state index in [1.54, 1.807) is 24.4 Å². The second kappa shape index (κ2) is 8.72. The molecule has 0 radical (unpaired) electrons. The van der Waals surface area contributed by atoms with E-state index in [2.05, 4.69) is 21.1 Å². The highest BCUT2D eigenvalue weighted by molar-refractivity contribution is 7.89. The summed E-state index contributed by atoms with van der Waals surface area (Å²) in [5.41, 5.74) is 0.515. The summed E-state index contributed by atoms with van der Waals surface area (Å²) in [6, 6.07) is 10.9. The number of nitrogens with zero attached hydrogens (tertiary/aromatic N) is 3. The molecule has 2 N–H and O–H groups in total. The van der Waals surface area contributed by atoms with Gasteiger partial charge in [-0.15, -0.1) is 11.5 Å². The third-order valence-corrected chi connectivity index (χ3v) is 5.49. The van der Waals surface area contributed by atoms with Gasteiger partial charge >= 0.3 is 5.69 Å². The molecule has 2 aromatic heterocycles. The molecule has 0 aliphatic carbocycles. The number of fused-ring (bicyclic) bond motifs is 1. The Kier molecular flexibility index (Phi) is 6.11. The van der Waals surface area contributed by atoms with Crippen LogP contribution in [0.3, 0.4) is 0 Å². The molecular weight excluding hydrogens is 394 g/mol. The first-order chi connectivity index (χ1) is 13.9. The normalized spacial score (nSPS) is 11.3. The van der Waals surface area contributed by atoms with Gasteiger partial charge in [0.15, 0.2) is 5.65 Å². The molecular formula is C19H19N5O4S. The molecule has 10 heteroatoms. The number of rotatable bonds is 8. The zero-order valence-electron chi connectivity index (χ0n) is 15.4. The van der Waals surface area contributed by atoms with Crippen LogP contribution in [0.25, 0.3) is 5.65 Å². The fraction of sp³-hybridized carbons (Fsp3) is 0.211. The lowest BCUT2D eigenvalue weighted by molar-refractivity contribution is 0.0952. The Hall–Kier alpha value is -3.42. The lowest BCUT2D eigenvalue weighted by Gasteiger charge is -2.08. The number of hydrogen-bond donors (Lipinski definition) is 2. The number of nitrogens with one attached hydrogen (secondary N) is 2. The molecule has 0 unspecified atom stereocenters. The van der Waals surface area contributed by atoms with Crippen LogP contribution in [-0.2, 0) is 16.6 Å². The van der Waals surface area contributed by atoms with Gasteiger partial charge in [0.25, 0.3) is 5.91 Å². The van der Waals surface area contributed by atoms with E-state index in [0.29, 0.717) is 25.2 Å². The number of amides is 1. The zero-order valence-corrected chi connectivity index (χ0v) is 16.2. The Bertz CT molecular complexity index is 1240. The highest BCUT2D eigenvalue weighted by Crippen LogP contribution is 2.11. The molecule has 1 aromatic carbocycles. The zero-order chi connectivity index (χ0) is 20.9. The van der Waals surface area contributed by atoms with Gasteiger partial charge in [0, 0.05) is 24.8 Å². The number of pyridine rings is 1. The number of carbonyl (C=O) groups excluding carboxylic acids is 1. The van der Waals surface area contributed by atoms with Gasteiger partial charge in [-0.1, -0.05) is 18.1 Å². The van der Waals surface area contributed by atoms with Gasteiger partial charge in [-0.25, -0.2) is 17.9 Å². The summed E-state index contributed by atoms with van der Waals surface area (Å²) in [5.74, 6) is 1.78. The van der Waals surface area contributed by atoms with Crippen molar-refractivity contribution >= 4 is 21.6 Å². The maximum absolute atomic E-state index is 12.3. The summed E-state index contributed by atoms with van der Waals surface area (Å²) in [6.45, 7) is 0.498. The molecule has 0 aliphatic heterocycles. The monoisotopic (exact) mass is 413 g/mol. The van der Waals surface area contributed by atoms with Crippen LogP contribution in [0.2, 0.25) is 0 Å². The third-order valence-electron chi connectivity index (χ3n) is 4.09. The van der Waals surface area contributed by atoms with Crippen molar-refractivity contribution in [2.45, 2.75) is 17.9 Å². The molecule has 9 nitrogen and oxygen atoms in total. The average molecular weight is 413 g/mol. The van der Waals surface area contributed by atoms with E-state index >= 15 is 0 Å². The highest BCUT2D eigenvalue weighted by Gasteiger charge is 2.15. The van der Waals surface area contributed by atoms with Crippen LogP contribution in [0, 0.1) is 12.3 Å². The smallest absolute Gasteiger partial charge is 0.350 e. The summed E-state index contributed by atoms with van der Waals surface area (Å²) in [6.07, 6.45) is 7.19. The minimum Gasteiger partial charge on any atom is -0.352 e. The molecule has 0 saturated carbocycles. The largest absolute Gasteiger partial charge is 0.352 e. The Labute approximate surface area is 167 Å². The van der Waals surface area contributed by atoms with Crippen molar-refractivity contribution in [3.05, 3.63) is 64.7 Å². The summed E-state index contributed by atoms with van der Waals surface area (Å²) < 4.78 is 29.2. The van der Waals surface area contributed by atoms with Crippen molar-refractivity contribution in [1.82, 2.24) is 24.2 Å². The fourth-order valence-electron chi connectivity index (χ4n) is 2.67.